The number of methoxy groups -OCH3 is 1. The van der Waals surface area contributed by atoms with Gasteiger partial charge in [-0.25, -0.2) is 0 Å². The van der Waals surface area contributed by atoms with Gasteiger partial charge in [0.25, 0.3) is 11.5 Å². The van der Waals surface area contributed by atoms with Gasteiger partial charge in [-0.05, 0) is 30.3 Å². The zero-order chi connectivity index (χ0) is 19.9. The molecule has 0 fully saturated rings. The van der Waals surface area contributed by atoms with Crippen LogP contribution >= 0.6 is 0 Å². The number of ether oxygens (including phenoxy) is 1. The number of nitrogens with zero attached hydrogens (tertiary/aromatic N) is 2. The van der Waals surface area contributed by atoms with E-state index in [1.165, 1.54) is 23.9 Å². The zero-order valence-corrected chi connectivity index (χ0v) is 15.1. The van der Waals surface area contributed by atoms with Gasteiger partial charge in [-0.1, -0.05) is 6.07 Å². The average molecular weight is 378 g/mol. The molecule has 0 saturated carbocycles. The number of rotatable bonds is 6. The van der Waals surface area contributed by atoms with Gasteiger partial charge in [0, 0.05) is 36.4 Å². The molecule has 28 heavy (non-hydrogen) atoms. The Balaban J connectivity index is 1.70. The predicted octanol–water partition coefficient (Wildman–Crippen LogP) is 2.14. The number of pyridine rings is 2. The van der Waals surface area contributed by atoms with Gasteiger partial charge in [0.2, 0.25) is 5.91 Å². The molecule has 1 aromatic carbocycles. The molecule has 2 aromatic heterocycles. The molecule has 0 atom stereocenters. The van der Waals surface area contributed by atoms with Gasteiger partial charge in [-0.15, -0.1) is 0 Å². The lowest BCUT2D eigenvalue weighted by Crippen LogP contribution is -2.26. The molecule has 0 spiro atoms. The number of amides is 2. The maximum absolute atomic E-state index is 12.3. The van der Waals surface area contributed by atoms with Crippen LogP contribution in [-0.4, -0.2) is 28.5 Å². The first-order valence-corrected chi connectivity index (χ1v) is 8.41. The summed E-state index contributed by atoms with van der Waals surface area (Å²) in [7, 11) is 1.46. The van der Waals surface area contributed by atoms with Crippen LogP contribution in [0.1, 0.15) is 10.4 Å². The van der Waals surface area contributed by atoms with Crippen LogP contribution in [0.2, 0.25) is 0 Å². The third kappa shape index (κ3) is 4.61. The number of nitrogens with one attached hydrogen (secondary N) is 2. The Hall–Kier alpha value is -3.94. The summed E-state index contributed by atoms with van der Waals surface area (Å²) < 4.78 is 6.61. The minimum Gasteiger partial charge on any atom is -0.494 e. The average Bonchev–Trinajstić information content (AvgIpc) is 2.71. The number of carbonyl (C=O) groups is 2. The van der Waals surface area contributed by atoms with Crippen molar-refractivity contribution >= 4 is 23.2 Å². The van der Waals surface area contributed by atoms with Crippen LogP contribution in [0, 0.1) is 0 Å². The summed E-state index contributed by atoms with van der Waals surface area (Å²) in [4.78, 5) is 40.1. The Morgan fingerprint density at radius 1 is 1.11 bits per heavy atom. The third-order valence-corrected chi connectivity index (χ3v) is 3.87. The van der Waals surface area contributed by atoms with Gasteiger partial charge in [0.1, 0.15) is 12.3 Å². The topological polar surface area (TPSA) is 102 Å². The quantitative estimate of drug-likeness (QED) is 0.684. The van der Waals surface area contributed by atoms with Crippen molar-refractivity contribution in [2.24, 2.45) is 0 Å². The van der Waals surface area contributed by atoms with Crippen LogP contribution < -0.4 is 20.9 Å². The zero-order valence-electron chi connectivity index (χ0n) is 15.1. The molecule has 2 N–H and O–H groups in total. The minimum atomic E-state index is -0.359. The highest BCUT2D eigenvalue weighted by Crippen LogP contribution is 2.28. The van der Waals surface area contributed by atoms with Crippen molar-refractivity contribution in [1.82, 2.24) is 9.55 Å². The second kappa shape index (κ2) is 8.63. The highest BCUT2D eigenvalue weighted by atomic mass is 16.5. The molecule has 2 amide bonds. The molecular weight excluding hydrogens is 360 g/mol. The molecule has 0 bridgehead atoms. The molecular formula is C20H18N4O4. The summed E-state index contributed by atoms with van der Waals surface area (Å²) in [6.45, 7) is -0.110. The SMILES string of the molecule is COc1cc(NC(=O)Cn2ccccc2=O)ccc1NC(=O)c1cccnc1. The van der Waals surface area contributed by atoms with Crippen LogP contribution in [-0.2, 0) is 11.3 Å². The number of anilines is 2. The smallest absolute Gasteiger partial charge is 0.257 e. The first-order chi connectivity index (χ1) is 13.6. The summed E-state index contributed by atoms with van der Waals surface area (Å²) in [6.07, 6.45) is 4.58. The summed E-state index contributed by atoms with van der Waals surface area (Å²) in [5, 5.41) is 5.45. The molecule has 3 rings (SSSR count). The van der Waals surface area contributed by atoms with Gasteiger partial charge in [-0.2, -0.15) is 0 Å². The van der Waals surface area contributed by atoms with Crippen LogP contribution in [0.4, 0.5) is 11.4 Å². The van der Waals surface area contributed by atoms with Crippen molar-refractivity contribution in [1.29, 1.82) is 0 Å². The molecule has 0 unspecified atom stereocenters. The number of carbonyl (C=O) groups excluding carboxylic acids is 2. The van der Waals surface area contributed by atoms with E-state index in [2.05, 4.69) is 15.6 Å². The lowest BCUT2D eigenvalue weighted by molar-refractivity contribution is -0.116. The molecule has 3 aromatic rings. The van der Waals surface area contributed by atoms with Gasteiger partial charge >= 0.3 is 0 Å². The first-order valence-electron chi connectivity index (χ1n) is 8.41. The maximum Gasteiger partial charge on any atom is 0.257 e. The van der Waals surface area contributed by atoms with Crippen LogP contribution in [0.3, 0.4) is 0 Å². The molecule has 8 heteroatoms. The van der Waals surface area contributed by atoms with Crippen molar-refractivity contribution in [2.75, 3.05) is 17.7 Å². The highest BCUT2D eigenvalue weighted by Gasteiger charge is 2.12. The van der Waals surface area contributed by atoms with E-state index in [0.717, 1.165) is 0 Å². The van der Waals surface area contributed by atoms with E-state index in [-0.39, 0.29) is 23.9 Å². The molecule has 0 aliphatic heterocycles. The fourth-order valence-corrected chi connectivity index (χ4v) is 2.51. The minimum absolute atomic E-state index is 0.110. The lowest BCUT2D eigenvalue weighted by atomic mass is 10.2. The van der Waals surface area contributed by atoms with Crippen LogP contribution in [0.15, 0.2) is 71.9 Å². The molecule has 0 radical (unpaired) electrons. The lowest BCUT2D eigenvalue weighted by Gasteiger charge is -2.13. The van der Waals surface area contributed by atoms with Crippen molar-refractivity contribution in [2.45, 2.75) is 6.54 Å². The van der Waals surface area contributed by atoms with E-state index in [9.17, 15) is 14.4 Å². The van der Waals surface area contributed by atoms with Gasteiger partial charge in [0.15, 0.2) is 0 Å². The standard InChI is InChI=1S/C20H18N4O4/c1-28-17-11-15(22-18(25)13-24-10-3-2-6-19(24)26)7-8-16(17)23-20(27)14-5-4-9-21-12-14/h2-12H,13H2,1H3,(H,22,25)(H,23,27). The largest absolute Gasteiger partial charge is 0.494 e. The number of aromatic nitrogens is 2. The third-order valence-electron chi connectivity index (χ3n) is 3.87. The van der Waals surface area contributed by atoms with Crippen LogP contribution in [0.5, 0.6) is 5.75 Å². The monoisotopic (exact) mass is 378 g/mol. The fraction of sp³-hybridized carbons (Fsp3) is 0.100. The predicted molar refractivity (Wildman–Crippen MR) is 105 cm³/mol. The number of hydrogen-bond donors (Lipinski definition) is 2. The number of benzene rings is 1. The van der Waals surface area contributed by atoms with Crippen molar-refractivity contribution < 1.29 is 14.3 Å². The van der Waals surface area contributed by atoms with E-state index < -0.39 is 0 Å². The molecule has 0 aliphatic rings. The Morgan fingerprint density at radius 3 is 2.68 bits per heavy atom. The summed E-state index contributed by atoms with van der Waals surface area (Å²) in [6, 6.07) is 12.8. The molecule has 8 nitrogen and oxygen atoms in total. The maximum atomic E-state index is 12.3. The Labute approximate surface area is 160 Å². The van der Waals surface area contributed by atoms with Crippen molar-refractivity contribution in [3.05, 3.63) is 83.0 Å². The first kappa shape index (κ1) is 18.8. The Kier molecular flexibility index (Phi) is 5.81. The molecule has 2 heterocycles. The van der Waals surface area contributed by atoms with Crippen molar-refractivity contribution in [3.8, 4) is 5.75 Å². The van der Waals surface area contributed by atoms with E-state index >= 15 is 0 Å². The van der Waals surface area contributed by atoms with Crippen molar-refractivity contribution in [3.63, 3.8) is 0 Å². The van der Waals surface area contributed by atoms with E-state index in [1.54, 1.807) is 54.9 Å². The summed E-state index contributed by atoms with van der Waals surface area (Å²) in [5.41, 5.74) is 1.08. The van der Waals surface area contributed by atoms with E-state index in [0.29, 0.717) is 22.7 Å². The summed E-state index contributed by atoms with van der Waals surface area (Å²) in [5.74, 6) is -0.305. The normalized spacial score (nSPS) is 10.2. The van der Waals surface area contributed by atoms with Gasteiger partial charge in [0.05, 0.1) is 18.4 Å². The number of hydrogen-bond acceptors (Lipinski definition) is 5. The van der Waals surface area contributed by atoms with E-state index in [4.69, 9.17) is 4.74 Å². The van der Waals surface area contributed by atoms with Crippen LogP contribution in [0.25, 0.3) is 0 Å². The fourth-order valence-electron chi connectivity index (χ4n) is 2.51. The Morgan fingerprint density at radius 2 is 1.96 bits per heavy atom. The van der Waals surface area contributed by atoms with Gasteiger partial charge in [-0.3, -0.25) is 19.4 Å². The molecule has 142 valence electrons. The summed E-state index contributed by atoms with van der Waals surface area (Å²) >= 11 is 0. The highest BCUT2D eigenvalue weighted by molar-refractivity contribution is 6.05. The molecule has 0 saturated heterocycles. The second-order valence-electron chi connectivity index (χ2n) is 5.83. The molecule has 0 aliphatic carbocycles. The Bertz CT molecular complexity index is 1050. The second-order valence-corrected chi connectivity index (χ2v) is 5.83. The van der Waals surface area contributed by atoms with Gasteiger partial charge < -0.3 is 19.9 Å². The van der Waals surface area contributed by atoms with E-state index in [1.807, 2.05) is 0 Å².